The standard InChI is InChI=1S/C19H24N2O6/c1-4-25-15-8-6-14(12-16(15)26-5-2)7-9-17(22)27-13(3)18(23)21-11-10-20-19(21)24/h6-9,12-13H,4-5,10-11H2,1-3H3,(H,20,24)/b9-7+/t13-/m1/s1. The third-order valence-corrected chi connectivity index (χ3v) is 3.74. The molecule has 146 valence electrons. The topological polar surface area (TPSA) is 94.2 Å². The Morgan fingerprint density at radius 3 is 2.56 bits per heavy atom. The molecular formula is C19H24N2O6. The summed E-state index contributed by atoms with van der Waals surface area (Å²) in [4.78, 5) is 36.6. The molecule has 0 unspecified atom stereocenters. The van der Waals surface area contributed by atoms with Crippen LogP contribution in [0.4, 0.5) is 4.79 Å². The number of amides is 3. The van der Waals surface area contributed by atoms with Crippen LogP contribution in [0.2, 0.25) is 0 Å². The van der Waals surface area contributed by atoms with E-state index in [2.05, 4.69) is 5.32 Å². The zero-order valence-corrected chi connectivity index (χ0v) is 15.7. The van der Waals surface area contributed by atoms with Gasteiger partial charge in [0.25, 0.3) is 5.91 Å². The highest BCUT2D eigenvalue weighted by molar-refractivity contribution is 5.99. The minimum absolute atomic E-state index is 0.266. The van der Waals surface area contributed by atoms with Gasteiger partial charge >= 0.3 is 12.0 Å². The Balaban J connectivity index is 1.98. The molecular weight excluding hydrogens is 352 g/mol. The van der Waals surface area contributed by atoms with Crippen molar-refractivity contribution in [2.75, 3.05) is 26.3 Å². The van der Waals surface area contributed by atoms with Crippen molar-refractivity contribution >= 4 is 24.0 Å². The minimum Gasteiger partial charge on any atom is -0.490 e. The van der Waals surface area contributed by atoms with Crippen LogP contribution in [0.5, 0.6) is 11.5 Å². The Morgan fingerprint density at radius 2 is 1.93 bits per heavy atom. The van der Waals surface area contributed by atoms with E-state index in [0.29, 0.717) is 31.3 Å². The van der Waals surface area contributed by atoms with Gasteiger partial charge in [0, 0.05) is 19.2 Å². The molecule has 2 rings (SSSR count). The molecule has 8 heteroatoms. The summed E-state index contributed by atoms with van der Waals surface area (Å²) >= 11 is 0. The Morgan fingerprint density at radius 1 is 1.22 bits per heavy atom. The first-order valence-corrected chi connectivity index (χ1v) is 8.83. The van der Waals surface area contributed by atoms with Gasteiger partial charge in [-0.1, -0.05) is 6.07 Å². The number of imide groups is 1. The highest BCUT2D eigenvalue weighted by Crippen LogP contribution is 2.29. The van der Waals surface area contributed by atoms with Gasteiger partial charge in [-0.15, -0.1) is 0 Å². The quantitative estimate of drug-likeness (QED) is 0.551. The zero-order chi connectivity index (χ0) is 19.8. The lowest BCUT2D eigenvalue weighted by Gasteiger charge is -2.17. The first kappa shape index (κ1) is 20.3. The molecule has 3 amide bonds. The maximum Gasteiger partial charge on any atom is 0.331 e. The van der Waals surface area contributed by atoms with Crippen molar-refractivity contribution in [2.24, 2.45) is 0 Å². The molecule has 1 saturated heterocycles. The normalized spacial score (nSPS) is 14.8. The first-order valence-electron chi connectivity index (χ1n) is 8.83. The lowest BCUT2D eigenvalue weighted by molar-refractivity contribution is -0.153. The Labute approximate surface area is 158 Å². The van der Waals surface area contributed by atoms with Gasteiger partial charge in [-0.05, 0) is 44.5 Å². The van der Waals surface area contributed by atoms with Crippen molar-refractivity contribution in [1.82, 2.24) is 10.2 Å². The summed E-state index contributed by atoms with van der Waals surface area (Å²) < 4.78 is 16.1. The molecule has 1 heterocycles. The van der Waals surface area contributed by atoms with Gasteiger partial charge in [0.15, 0.2) is 17.6 Å². The average Bonchev–Trinajstić information content (AvgIpc) is 3.07. The lowest BCUT2D eigenvalue weighted by atomic mass is 10.2. The average molecular weight is 376 g/mol. The van der Waals surface area contributed by atoms with E-state index >= 15 is 0 Å². The number of urea groups is 1. The summed E-state index contributed by atoms with van der Waals surface area (Å²) in [6.07, 6.45) is 1.73. The largest absolute Gasteiger partial charge is 0.490 e. The number of benzene rings is 1. The van der Waals surface area contributed by atoms with Crippen LogP contribution in [0.3, 0.4) is 0 Å². The number of nitrogens with zero attached hydrogens (tertiary/aromatic N) is 1. The number of ether oxygens (including phenoxy) is 3. The number of hydrogen-bond donors (Lipinski definition) is 1. The van der Waals surface area contributed by atoms with Gasteiger partial charge in [-0.3, -0.25) is 9.69 Å². The summed E-state index contributed by atoms with van der Waals surface area (Å²) in [5.41, 5.74) is 0.719. The van der Waals surface area contributed by atoms with Gasteiger partial charge in [-0.25, -0.2) is 9.59 Å². The van der Waals surface area contributed by atoms with Crippen LogP contribution < -0.4 is 14.8 Å². The highest BCUT2D eigenvalue weighted by Gasteiger charge is 2.31. The van der Waals surface area contributed by atoms with Crippen molar-refractivity contribution in [2.45, 2.75) is 26.9 Å². The molecule has 1 fully saturated rings. The molecule has 0 saturated carbocycles. The van der Waals surface area contributed by atoms with E-state index in [9.17, 15) is 14.4 Å². The molecule has 1 aromatic rings. The van der Waals surface area contributed by atoms with Gasteiger partial charge in [-0.2, -0.15) is 0 Å². The number of carbonyl (C=O) groups is 3. The van der Waals surface area contributed by atoms with Crippen LogP contribution in [0, 0.1) is 0 Å². The van der Waals surface area contributed by atoms with Crippen molar-refractivity contribution in [1.29, 1.82) is 0 Å². The SMILES string of the molecule is CCOc1ccc(/C=C/C(=O)O[C@H](C)C(=O)N2CCNC2=O)cc1OCC. The van der Waals surface area contributed by atoms with Crippen molar-refractivity contribution in [3.8, 4) is 11.5 Å². The Hall–Kier alpha value is -3.03. The summed E-state index contributed by atoms with van der Waals surface area (Å²) in [6, 6.07) is 4.82. The fourth-order valence-electron chi connectivity index (χ4n) is 2.50. The third kappa shape index (κ3) is 5.47. The summed E-state index contributed by atoms with van der Waals surface area (Å²) in [6.45, 7) is 6.85. The predicted molar refractivity (Wildman–Crippen MR) is 98.5 cm³/mol. The molecule has 1 aliphatic rings. The molecule has 0 aliphatic carbocycles. The number of carbonyl (C=O) groups excluding carboxylic acids is 3. The minimum atomic E-state index is -1.05. The van der Waals surface area contributed by atoms with Crippen LogP contribution in [0.1, 0.15) is 26.3 Å². The van der Waals surface area contributed by atoms with E-state index in [1.54, 1.807) is 24.3 Å². The van der Waals surface area contributed by atoms with Crippen molar-refractivity contribution in [3.63, 3.8) is 0 Å². The second kappa shape index (κ2) is 9.61. The fraction of sp³-hybridized carbons (Fsp3) is 0.421. The van der Waals surface area contributed by atoms with E-state index in [1.165, 1.54) is 13.0 Å². The molecule has 0 spiro atoms. The van der Waals surface area contributed by atoms with Gasteiger partial charge in [0.2, 0.25) is 0 Å². The van der Waals surface area contributed by atoms with Gasteiger partial charge in [0.1, 0.15) is 0 Å². The maximum atomic E-state index is 12.1. The lowest BCUT2D eigenvalue weighted by Crippen LogP contribution is -2.41. The van der Waals surface area contributed by atoms with E-state index in [4.69, 9.17) is 14.2 Å². The molecule has 1 N–H and O–H groups in total. The summed E-state index contributed by atoms with van der Waals surface area (Å²) in [5.74, 6) is -0.0191. The van der Waals surface area contributed by atoms with E-state index in [1.807, 2.05) is 13.8 Å². The monoisotopic (exact) mass is 376 g/mol. The van der Waals surface area contributed by atoms with Gasteiger partial charge < -0.3 is 19.5 Å². The molecule has 1 aliphatic heterocycles. The van der Waals surface area contributed by atoms with Crippen LogP contribution in [0.25, 0.3) is 6.08 Å². The van der Waals surface area contributed by atoms with Crippen LogP contribution in [0.15, 0.2) is 24.3 Å². The first-order chi connectivity index (χ1) is 13.0. The smallest absolute Gasteiger partial charge is 0.331 e. The van der Waals surface area contributed by atoms with Crippen molar-refractivity contribution in [3.05, 3.63) is 29.8 Å². The van der Waals surface area contributed by atoms with E-state index < -0.39 is 24.0 Å². The summed E-state index contributed by atoms with van der Waals surface area (Å²) in [7, 11) is 0. The molecule has 0 radical (unpaired) electrons. The maximum absolute atomic E-state index is 12.1. The number of hydrogen-bond acceptors (Lipinski definition) is 6. The zero-order valence-electron chi connectivity index (χ0n) is 15.7. The molecule has 1 atom stereocenters. The number of esters is 1. The Kier molecular flexibility index (Phi) is 7.22. The molecule has 8 nitrogen and oxygen atoms in total. The van der Waals surface area contributed by atoms with Gasteiger partial charge in [0.05, 0.1) is 13.2 Å². The van der Waals surface area contributed by atoms with Crippen molar-refractivity contribution < 1.29 is 28.6 Å². The van der Waals surface area contributed by atoms with E-state index in [0.717, 1.165) is 10.5 Å². The molecule has 0 aromatic heterocycles. The van der Waals surface area contributed by atoms with Crippen LogP contribution >= 0.6 is 0 Å². The molecule has 1 aromatic carbocycles. The number of rotatable bonds is 8. The highest BCUT2D eigenvalue weighted by atomic mass is 16.5. The molecule has 27 heavy (non-hydrogen) atoms. The fourth-order valence-corrected chi connectivity index (χ4v) is 2.50. The van der Waals surface area contributed by atoms with E-state index in [-0.39, 0.29) is 6.54 Å². The summed E-state index contributed by atoms with van der Waals surface area (Å²) in [5, 5.41) is 2.52. The van der Waals surface area contributed by atoms with Crippen LogP contribution in [-0.4, -0.2) is 55.2 Å². The predicted octanol–water partition coefficient (Wildman–Crippen LogP) is 1.98. The Bertz CT molecular complexity index is 731. The second-order valence-corrected chi connectivity index (χ2v) is 5.71. The second-order valence-electron chi connectivity index (χ2n) is 5.71. The number of nitrogens with one attached hydrogen (secondary N) is 1. The molecule has 0 bridgehead atoms. The third-order valence-electron chi connectivity index (χ3n) is 3.74. The van der Waals surface area contributed by atoms with Crippen LogP contribution in [-0.2, 0) is 14.3 Å².